The van der Waals surface area contributed by atoms with Crippen LogP contribution in [-0.4, -0.2) is 57.0 Å². The lowest BCUT2D eigenvalue weighted by Crippen LogP contribution is -2.46. The maximum atomic E-state index is 13.7. The van der Waals surface area contributed by atoms with Crippen LogP contribution in [0.2, 0.25) is 0 Å². The van der Waals surface area contributed by atoms with E-state index in [-0.39, 0.29) is 5.56 Å². The highest BCUT2D eigenvalue weighted by atomic mass is 16.5. The van der Waals surface area contributed by atoms with Crippen molar-refractivity contribution in [2.75, 3.05) is 52.4 Å². The topological polar surface area (TPSA) is 56.2 Å². The molecule has 0 aliphatic carbocycles. The lowest BCUT2D eigenvalue weighted by Gasteiger charge is -2.36. The van der Waals surface area contributed by atoms with Crippen LogP contribution in [0.1, 0.15) is 11.1 Å². The van der Waals surface area contributed by atoms with E-state index in [1.54, 1.807) is 21.3 Å². The summed E-state index contributed by atoms with van der Waals surface area (Å²) >= 11 is 0. The standard InChI is InChI=1S/C32H35N3O4/c1-37-26-14-12-24(13-15-26)22-35-23-25(20-28(32(35)36)27-8-4-6-10-30(27)38-2)21-33-16-18-34(19-17-33)29-9-5-7-11-31(29)39-3/h4-15,20,23H,16-19,21-22H2,1-3H3. The van der Waals surface area contributed by atoms with E-state index in [9.17, 15) is 4.79 Å². The fourth-order valence-corrected chi connectivity index (χ4v) is 5.19. The molecule has 202 valence electrons. The second-order valence-electron chi connectivity index (χ2n) is 9.68. The van der Waals surface area contributed by atoms with E-state index in [4.69, 9.17) is 14.2 Å². The van der Waals surface area contributed by atoms with Gasteiger partial charge in [0.15, 0.2) is 0 Å². The van der Waals surface area contributed by atoms with Crippen molar-refractivity contribution in [2.45, 2.75) is 13.1 Å². The molecule has 7 heteroatoms. The van der Waals surface area contributed by atoms with Gasteiger partial charge in [0.2, 0.25) is 0 Å². The Balaban J connectivity index is 1.42. The van der Waals surface area contributed by atoms with Gasteiger partial charge in [-0.1, -0.05) is 42.5 Å². The maximum Gasteiger partial charge on any atom is 0.258 e. The zero-order valence-electron chi connectivity index (χ0n) is 22.8. The van der Waals surface area contributed by atoms with Crippen LogP contribution in [0.25, 0.3) is 11.1 Å². The third-order valence-electron chi connectivity index (χ3n) is 7.26. The van der Waals surface area contributed by atoms with Crippen molar-refractivity contribution in [2.24, 2.45) is 0 Å². The maximum absolute atomic E-state index is 13.7. The van der Waals surface area contributed by atoms with E-state index in [1.807, 2.05) is 77.5 Å². The monoisotopic (exact) mass is 525 g/mol. The summed E-state index contributed by atoms with van der Waals surface area (Å²) in [5.74, 6) is 2.38. The van der Waals surface area contributed by atoms with Gasteiger partial charge in [0.1, 0.15) is 17.2 Å². The van der Waals surface area contributed by atoms with Crippen LogP contribution in [0, 0.1) is 0 Å². The van der Waals surface area contributed by atoms with Gasteiger partial charge >= 0.3 is 0 Å². The van der Waals surface area contributed by atoms with Gasteiger partial charge in [0.25, 0.3) is 5.56 Å². The number of para-hydroxylation sites is 3. The van der Waals surface area contributed by atoms with Gasteiger partial charge in [-0.15, -0.1) is 0 Å². The van der Waals surface area contributed by atoms with E-state index in [1.165, 1.54) is 0 Å². The second-order valence-corrected chi connectivity index (χ2v) is 9.68. The van der Waals surface area contributed by atoms with E-state index in [0.717, 1.165) is 66.6 Å². The molecule has 1 aromatic heterocycles. The molecule has 5 rings (SSSR count). The average Bonchev–Trinajstić information content (AvgIpc) is 2.99. The Morgan fingerprint density at radius 2 is 1.33 bits per heavy atom. The van der Waals surface area contributed by atoms with E-state index in [2.05, 4.69) is 21.9 Å². The van der Waals surface area contributed by atoms with Crippen molar-refractivity contribution < 1.29 is 14.2 Å². The van der Waals surface area contributed by atoms with Crippen LogP contribution in [0.15, 0.2) is 89.9 Å². The van der Waals surface area contributed by atoms with Crippen molar-refractivity contribution in [3.8, 4) is 28.4 Å². The highest BCUT2D eigenvalue weighted by molar-refractivity contribution is 5.70. The zero-order valence-corrected chi connectivity index (χ0v) is 22.8. The molecule has 3 aromatic carbocycles. The first-order valence-corrected chi connectivity index (χ1v) is 13.2. The highest BCUT2D eigenvalue weighted by Crippen LogP contribution is 2.30. The van der Waals surface area contributed by atoms with Crippen LogP contribution >= 0.6 is 0 Å². The van der Waals surface area contributed by atoms with Crippen LogP contribution < -0.4 is 24.7 Å². The summed E-state index contributed by atoms with van der Waals surface area (Å²) < 4.78 is 18.3. The molecule has 2 heterocycles. The number of hydrogen-bond acceptors (Lipinski definition) is 6. The number of aromatic nitrogens is 1. The Kier molecular flexibility index (Phi) is 8.18. The molecule has 4 aromatic rings. The van der Waals surface area contributed by atoms with E-state index in [0.29, 0.717) is 17.9 Å². The summed E-state index contributed by atoms with van der Waals surface area (Å²) in [7, 11) is 5.01. The fraction of sp³-hybridized carbons (Fsp3) is 0.281. The van der Waals surface area contributed by atoms with Gasteiger partial charge in [-0.3, -0.25) is 9.69 Å². The average molecular weight is 526 g/mol. The number of piperazine rings is 1. The molecule has 0 unspecified atom stereocenters. The second kappa shape index (κ2) is 12.1. The predicted molar refractivity (Wildman–Crippen MR) is 155 cm³/mol. The molecule has 0 spiro atoms. The van der Waals surface area contributed by atoms with Crippen molar-refractivity contribution in [3.05, 3.63) is 107 Å². The summed E-state index contributed by atoms with van der Waals surface area (Å²) in [6.45, 7) is 4.88. The summed E-state index contributed by atoms with van der Waals surface area (Å²) in [5, 5.41) is 0. The molecular formula is C32H35N3O4. The third-order valence-corrected chi connectivity index (χ3v) is 7.26. The zero-order chi connectivity index (χ0) is 27.2. The molecule has 1 aliphatic heterocycles. The van der Waals surface area contributed by atoms with Gasteiger partial charge in [-0.2, -0.15) is 0 Å². The van der Waals surface area contributed by atoms with Crippen LogP contribution in [0.5, 0.6) is 17.2 Å². The van der Waals surface area contributed by atoms with Gasteiger partial charge in [0.05, 0.1) is 39.1 Å². The number of hydrogen-bond donors (Lipinski definition) is 0. The number of rotatable bonds is 9. The first kappa shape index (κ1) is 26.4. The van der Waals surface area contributed by atoms with Crippen LogP contribution in [0.4, 0.5) is 5.69 Å². The Hall–Kier alpha value is -4.23. The normalized spacial score (nSPS) is 13.8. The van der Waals surface area contributed by atoms with Gasteiger partial charge in [0, 0.05) is 44.5 Å². The predicted octanol–water partition coefficient (Wildman–Crippen LogP) is 4.91. The number of benzene rings is 3. The number of ether oxygens (including phenoxy) is 3. The largest absolute Gasteiger partial charge is 0.497 e. The van der Waals surface area contributed by atoms with Crippen molar-refractivity contribution in [3.63, 3.8) is 0 Å². The minimum atomic E-state index is -0.0416. The molecule has 0 radical (unpaired) electrons. The molecule has 0 bridgehead atoms. The quantitative estimate of drug-likeness (QED) is 0.310. The molecule has 39 heavy (non-hydrogen) atoms. The fourth-order valence-electron chi connectivity index (χ4n) is 5.19. The SMILES string of the molecule is COc1ccc(Cn2cc(CN3CCN(c4ccccc4OC)CC3)cc(-c3ccccc3OC)c2=O)cc1. The Bertz CT molecular complexity index is 1460. The highest BCUT2D eigenvalue weighted by Gasteiger charge is 2.21. The molecule has 0 saturated carbocycles. The number of anilines is 1. The summed E-state index contributed by atoms with van der Waals surface area (Å²) in [5.41, 5.74) is 4.66. The van der Waals surface area contributed by atoms with Gasteiger partial charge in [-0.05, 0) is 47.5 Å². The molecule has 1 saturated heterocycles. The summed E-state index contributed by atoms with van der Waals surface area (Å²) in [6, 6.07) is 25.7. The van der Waals surface area contributed by atoms with Crippen molar-refractivity contribution >= 4 is 5.69 Å². The van der Waals surface area contributed by atoms with Gasteiger partial charge < -0.3 is 23.7 Å². The molecule has 0 amide bonds. The Morgan fingerprint density at radius 1 is 0.667 bits per heavy atom. The lowest BCUT2D eigenvalue weighted by atomic mass is 10.0. The Labute approximate surface area is 229 Å². The molecule has 1 fully saturated rings. The lowest BCUT2D eigenvalue weighted by molar-refractivity contribution is 0.248. The number of pyridine rings is 1. The third kappa shape index (κ3) is 5.94. The molecule has 7 nitrogen and oxygen atoms in total. The van der Waals surface area contributed by atoms with E-state index >= 15 is 0 Å². The number of nitrogens with zero attached hydrogens (tertiary/aromatic N) is 3. The molecule has 1 aliphatic rings. The smallest absolute Gasteiger partial charge is 0.258 e. The number of methoxy groups -OCH3 is 3. The van der Waals surface area contributed by atoms with Crippen molar-refractivity contribution in [1.29, 1.82) is 0 Å². The Morgan fingerprint density at radius 3 is 2.03 bits per heavy atom. The van der Waals surface area contributed by atoms with Crippen molar-refractivity contribution in [1.82, 2.24) is 9.47 Å². The van der Waals surface area contributed by atoms with Crippen LogP contribution in [-0.2, 0) is 13.1 Å². The molecular weight excluding hydrogens is 490 g/mol. The first-order chi connectivity index (χ1) is 19.1. The summed E-state index contributed by atoms with van der Waals surface area (Å²) in [4.78, 5) is 18.5. The first-order valence-electron chi connectivity index (χ1n) is 13.2. The molecule has 0 N–H and O–H groups in total. The van der Waals surface area contributed by atoms with E-state index < -0.39 is 0 Å². The minimum Gasteiger partial charge on any atom is -0.497 e. The van der Waals surface area contributed by atoms with Crippen LogP contribution in [0.3, 0.4) is 0 Å². The minimum absolute atomic E-state index is 0.0416. The summed E-state index contributed by atoms with van der Waals surface area (Å²) in [6.07, 6.45) is 2.00. The van der Waals surface area contributed by atoms with Gasteiger partial charge in [-0.25, -0.2) is 0 Å². The molecule has 0 atom stereocenters.